The van der Waals surface area contributed by atoms with Crippen molar-refractivity contribution in [2.75, 3.05) is 6.61 Å². The van der Waals surface area contributed by atoms with Gasteiger partial charge in [0, 0.05) is 12.6 Å². The lowest BCUT2D eigenvalue weighted by Crippen LogP contribution is -2.44. The monoisotopic (exact) mass is 343 g/mol. The van der Waals surface area contributed by atoms with Crippen LogP contribution < -0.4 is 5.32 Å². The Kier molecular flexibility index (Phi) is 6.33. The third kappa shape index (κ3) is 5.17. The predicted molar refractivity (Wildman–Crippen MR) is 95.2 cm³/mol. The summed E-state index contributed by atoms with van der Waals surface area (Å²) in [6.07, 6.45) is 3.76. The SMILES string of the molecule is CCOC(=O)C(Cc1c[nH]cn1)NC(=O)Cc1c(C)cc(C)cc1C. The Morgan fingerprint density at radius 2 is 1.92 bits per heavy atom. The van der Waals surface area contributed by atoms with E-state index >= 15 is 0 Å². The number of nitrogens with one attached hydrogen (secondary N) is 2. The number of carbonyl (C=O) groups is 2. The first kappa shape index (κ1) is 18.7. The summed E-state index contributed by atoms with van der Waals surface area (Å²) < 4.78 is 5.08. The number of nitrogens with zero attached hydrogens (tertiary/aromatic N) is 1. The van der Waals surface area contributed by atoms with Gasteiger partial charge in [0.1, 0.15) is 6.04 Å². The first-order valence-electron chi connectivity index (χ1n) is 8.41. The number of aryl methyl sites for hydroxylation is 3. The zero-order chi connectivity index (χ0) is 18.4. The maximum absolute atomic E-state index is 12.5. The summed E-state index contributed by atoms with van der Waals surface area (Å²) in [5.41, 5.74) is 5.01. The molecule has 6 heteroatoms. The van der Waals surface area contributed by atoms with Crippen molar-refractivity contribution in [3.05, 3.63) is 52.6 Å². The van der Waals surface area contributed by atoms with Crippen molar-refractivity contribution in [2.45, 2.75) is 46.6 Å². The molecule has 0 saturated heterocycles. The van der Waals surface area contributed by atoms with Crippen molar-refractivity contribution < 1.29 is 14.3 Å². The Balaban J connectivity index is 2.09. The molecule has 25 heavy (non-hydrogen) atoms. The molecule has 1 aromatic carbocycles. The smallest absolute Gasteiger partial charge is 0.329 e. The van der Waals surface area contributed by atoms with E-state index in [1.54, 1.807) is 19.4 Å². The van der Waals surface area contributed by atoms with Crippen molar-refractivity contribution in [3.63, 3.8) is 0 Å². The van der Waals surface area contributed by atoms with Crippen molar-refractivity contribution >= 4 is 11.9 Å². The van der Waals surface area contributed by atoms with E-state index in [9.17, 15) is 9.59 Å². The zero-order valence-electron chi connectivity index (χ0n) is 15.2. The van der Waals surface area contributed by atoms with Crippen molar-refractivity contribution in [2.24, 2.45) is 0 Å². The maximum Gasteiger partial charge on any atom is 0.329 e. The van der Waals surface area contributed by atoms with Gasteiger partial charge in [-0.05, 0) is 44.4 Å². The highest BCUT2D eigenvalue weighted by Crippen LogP contribution is 2.17. The summed E-state index contributed by atoms with van der Waals surface area (Å²) in [6.45, 7) is 8.03. The second kappa shape index (κ2) is 8.46. The van der Waals surface area contributed by atoms with Gasteiger partial charge < -0.3 is 15.0 Å². The zero-order valence-corrected chi connectivity index (χ0v) is 15.2. The van der Waals surface area contributed by atoms with Gasteiger partial charge in [-0.15, -0.1) is 0 Å². The molecule has 0 aliphatic rings. The average molecular weight is 343 g/mol. The number of carbonyl (C=O) groups excluding carboxylic acids is 2. The fraction of sp³-hybridized carbons (Fsp3) is 0.421. The fourth-order valence-electron chi connectivity index (χ4n) is 2.94. The number of H-pyrrole nitrogens is 1. The summed E-state index contributed by atoms with van der Waals surface area (Å²) >= 11 is 0. The van der Waals surface area contributed by atoms with Crippen LogP contribution >= 0.6 is 0 Å². The van der Waals surface area contributed by atoms with Gasteiger partial charge in [-0.1, -0.05) is 17.7 Å². The number of hydrogen-bond donors (Lipinski definition) is 2. The van der Waals surface area contributed by atoms with Crippen molar-refractivity contribution in [1.29, 1.82) is 0 Å². The van der Waals surface area contributed by atoms with Crippen LogP contribution in [0.3, 0.4) is 0 Å². The minimum absolute atomic E-state index is 0.205. The van der Waals surface area contributed by atoms with Crippen LogP contribution in [0.2, 0.25) is 0 Å². The number of benzene rings is 1. The largest absolute Gasteiger partial charge is 0.464 e. The summed E-state index contributed by atoms with van der Waals surface area (Å²) in [4.78, 5) is 31.6. The van der Waals surface area contributed by atoms with Crippen molar-refractivity contribution in [3.8, 4) is 0 Å². The van der Waals surface area contributed by atoms with E-state index in [0.29, 0.717) is 12.1 Å². The average Bonchev–Trinajstić information content (AvgIpc) is 3.03. The quantitative estimate of drug-likeness (QED) is 0.755. The Morgan fingerprint density at radius 1 is 1.24 bits per heavy atom. The van der Waals surface area contributed by atoms with Gasteiger partial charge in [0.05, 0.1) is 25.0 Å². The standard InChI is InChI=1S/C19H25N3O3/c1-5-25-19(24)17(8-15-10-20-11-21-15)22-18(23)9-16-13(3)6-12(2)7-14(16)4/h6-7,10-11,17H,5,8-9H2,1-4H3,(H,20,21)(H,22,23). The second-order valence-electron chi connectivity index (χ2n) is 6.19. The molecule has 6 nitrogen and oxygen atoms in total. The van der Waals surface area contributed by atoms with E-state index in [2.05, 4.69) is 27.4 Å². The summed E-state index contributed by atoms with van der Waals surface area (Å²) in [7, 11) is 0. The molecule has 1 amide bonds. The normalized spacial score (nSPS) is 11.8. The summed E-state index contributed by atoms with van der Waals surface area (Å²) in [5.74, 6) is -0.653. The number of aromatic nitrogens is 2. The van der Waals surface area contributed by atoms with Crippen LogP contribution in [0.4, 0.5) is 0 Å². The molecule has 0 aliphatic heterocycles. The van der Waals surface area contributed by atoms with Gasteiger partial charge in [-0.3, -0.25) is 4.79 Å². The molecule has 0 fully saturated rings. The van der Waals surface area contributed by atoms with Crippen LogP contribution in [0, 0.1) is 20.8 Å². The number of esters is 1. The van der Waals surface area contributed by atoms with Crippen LogP contribution in [-0.4, -0.2) is 34.5 Å². The molecule has 1 aromatic heterocycles. The highest BCUT2D eigenvalue weighted by atomic mass is 16.5. The maximum atomic E-state index is 12.5. The van der Waals surface area contributed by atoms with Gasteiger partial charge in [0.25, 0.3) is 0 Å². The van der Waals surface area contributed by atoms with E-state index in [1.807, 2.05) is 20.8 Å². The minimum atomic E-state index is -0.748. The van der Waals surface area contributed by atoms with Crippen molar-refractivity contribution in [1.82, 2.24) is 15.3 Å². The number of rotatable bonds is 7. The third-order valence-corrected chi connectivity index (χ3v) is 4.05. The number of hydrogen-bond acceptors (Lipinski definition) is 4. The Labute approximate surface area is 148 Å². The van der Waals surface area contributed by atoms with Gasteiger partial charge in [-0.2, -0.15) is 0 Å². The Bertz CT molecular complexity index is 715. The second-order valence-corrected chi connectivity index (χ2v) is 6.19. The molecule has 0 bridgehead atoms. The van der Waals surface area contributed by atoms with Crippen LogP contribution in [0.5, 0.6) is 0 Å². The van der Waals surface area contributed by atoms with Crippen LogP contribution in [-0.2, 0) is 27.2 Å². The minimum Gasteiger partial charge on any atom is -0.464 e. The molecule has 1 unspecified atom stereocenters. The molecule has 0 saturated carbocycles. The van der Waals surface area contributed by atoms with E-state index in [0.717, 1.165) is 16.7 Å². The molecule has 0 radical (unpaired) electrons. The van der Waals surface area contributed by atoms with Crippen LogP contribution in [0.25, 0.3) is 0 Å². The van der Waals surface area contributed by atoms with E-state index in [4.69, 9.17) is 4.74 Å². The lowest BCUT2D eigenvalue weighted by Gasteiger charge is -2.17. The first-order chi connectivity index (χ1) is 11.9. The molecule has 1 heterocycles. The highest BCUT2D eigenvalue weighted by Gasteiger charge is 2.23. The lowest BCUT2D eigenvalue weighted by atomic mass is 9.97. The Hall–Kier alpha value is -2.63. The number of amides is 1. The van der Waals surface area contributed by atoms with Gasteiger partial charge in [-0.25, -0.2) is 9.78 Å². The highest BCUT2D eigenvalue weighted by molar-refractivity contribution is 5.86. The summed E-state index contributed by atoms with van der Waals surface area (Å²) in [6, 6.07) is 3.37. The predicted octanol–water partition coefficient (Wildman–Crippen LogP) is 2.17. The molecule has 134 valence electrons. The van der Waals surface area contributed by atoms with Gasteiger partial charge >= 0.3 is 5.97 Å². The number of imidazole rings is 1. The molecule has 2 aromatic rings. The van der Waals surface area contributed by atoms with E-state index in [1.165, 1.54) is 5.56 Å². The van der Waals surface area contributed by atoms with Gasteiger partial charge in [0.15, 0.2) is 0 Å². The number of ether oxygens (including phenoxy) is 1. The van der Waals surface area contributed by atoms with Crippen LogP contribution in [0.15, 0.2) is 24.7 Å². The molecule has 0 spiro atoms. The fourth-order valence-corrected chi connectivity index (χ4v) is 2.94. The lowest BCUT2D eigenvalue weighted by molar-refractivity contribution is -0.147. The molecular weight excluding hydrogens is 318 g/mol. The Morgan fingerprint density at radius 3 is 2.48 bits per heavy atom. The topological polar surface area (TPSA) is 84.1 Å². The van der Waals surface area contributed by atoms with Crippen LogP contribution in [0.1, 0.15) is 34.9 Å². The van der Waals surface area contributed by atoms with E-state index in [-0.39, 0.29) is 18.9 Å². The molecular formula is C19H25N3O3. The molecule has 2 N–H and O–H groups in total. The first-order valence-corrected chi connectivity index (χ1v) is 8.41. The summed E-state index contributed by atoms with van der Waals surface area (Å²) in [5, 5.41) is 2.79. The third-order valence-electron chi connectivity index (χ3n) is 4.05. The molecule has 1 atom stereocenters. The number of aromatic amines is 1. The van der Waals surface area contributed by atoms with Gasteiger partial charge in [0.2, 0.25) is 5.91 Å². The molecule has 2 rings (SSSR count). The van der Waals surface area contributed by atoms with E-state index < -0.39 is 12.0 Å². The molecule has 0 aliphatic carbocycles.